The van der Waals surface area contributed by atoms with Crippen LogP contribution >= 0.6 is 11.8 Å². The first-order chi connectivity index (χ1) is 12.3. The van der Waals surface area contributed by atoms with Crippen LogP contribution in [0.2, 0.25) is 0 Å². The Labute approximate surface area is 157 Å². The molecule has 0 amide bonds. The lowest BCUT2D eigenvalue weighted by Gasteiger charge is -2.43. The van der Waals surface area contributed by atoms with Gasteiger partial charge in [-0.05, 0) is 32.1 Å². The highest BCUT2D eigenvalue weighted by Crippen LogP contribution is 2.36. The van der Waals surface area contributed by atoms with Gasteiger partial charge in [0.1, 0.15) is 0 Å². The van der Waals surface area contributed by atoms with E-state index in [1.807, 2.05) is 7.05 Å². The van der Waals surface area contributed by atoms with Crippen molar-refractivity contribution in [3.63, 3.8) is 0 Å². The fraction of sp³-hybridized carbons (Fsp3) is 0.947. The molecule has 2 saturated heterocycles. The van der Waals surface area contributed by atoms with E-state index in [1.54, 1.807) is 0 Å². The van der Waals surface area contributed by atoms with Gasteiger partial charge in [-0.3, -0.25) is 14.8 Å². The van der Waals surface area contributed by atoms with Crippen molar-refractivity contribution >= 4 is 17.7 Å². The summed E-state index contributed by atoms with van der Waals surface area (Å²) in [5.74, 6) is 3.61. The maximum absolute atomic E-state index is 4.53. The normalized spacial score (nSPS) is 31.4. The second kappa shape index (κ2) is 8.05. The number of rotatable bonds is 5. The van der Waals surface area contributed by atoms with Gasteiger partial charge in [0.2, 0.25) is 0 Å². The summed E-state index contributed by atoms with van der Waals surface area (Å²) < 4.78 is 0. The summed E-state index contributed by atoms with van der Waals surface area (Å²) in [4.78, 5) is 9.97. The molecule has 1 unspecified atom stereocenters. The monoisotopic (exact) mass is 365 g/mol. The predicted octanol–water partition coefficient (Wildman–Crippen LogP) is 1.75. The maximum Gasteiger partial charge on any atom is 0.191 e. The molecule has 0 aromatic rings. The molecule has 0 radical (unpaired) electrons. The van der Waals surface area contributed by atoms with Gasteiger partial charge in [0.25, 0.3) is 0 Å². The van der Waals surface area contributed by atoms with E-state index in [0.717, 1.165) is 18.5 Å². The van der Waals surface area contributed by atoms with Gasteiger partial charge in [-0.15, -0.1) is 0 Å². The summed E-state index contributed by atoms with van der Waals surface area (Å²) >= 11 is 2.11. The van der Waals surface area contributed by atoms with Crippen molar-refractivity contribution in [2.45, 2.75) is 62.6 Å². The van der Waals surface area contributed by atoms with E-state index in [0.29, 0.717) is 11.6 Å². The first-order valence-electron chi connectivity index (χ1n) is 10.3. The van der Waals surface area contributed by atoms with Crippen molar-refractivity contribution in [2.75, 3.05) is 51.3 Å². The molecular formula is C19H35N5S. The summed E-state index contributed by atoms with van der Waals surface area (Å²) in [6, 6.07) is 1.46. The summed E-state index contributed by atoms with van der Waals surface area (Å²) in [7, 11) is 1.92. The Bertz CT molecular complexity index is 466. The Morgan fingerprint density at radius 2 is 1.88 bits per heavy atom. The molecule has 4 fully saturated rings. The zero-order valence-electron chi connectivity index (χ0n) is 15.8. The summed E-state index contributed by atoms with van der Waals surface area (Å²) in [6.45, 7) is 6.03. The molecular weight excluding hydrogens is 330 g/mol. The molecule has 2 saturated carbocycles. The van der Waals surface area contributed by atoms with Gasteiger partial charge >= 0.3 is 0 Å². The molecule has 0 spiro atoms. The molecule has 0 bridgehead atoms. The summed E-state index contributed by atoms with van der Waals surface area (Å²) in [6.07, 6.45) is 9.55. The average Bonchev–Trinajstić information content (AvgIpc) is 3.21. The molecule has 4 aliphatic rings. The fourth-order valence-corrected chi connectivity index (χ4v) is 5.89. The van der Waals surface area contributed by atoms with Crippen LogP contribution in [0.1, 0.15) is 44.9 Å². The van der Waals surface area contributed by atoms with E-state index >= 15 is 0 Å². The van der Waals surface area contributed by atoms with E-state index in [4.69, 9.17) is 0 Å². The molecule has 6 heteroatoms. The molecule has 25 heavy (non-hydrogen) atoms. The highest BCUT2D eigenvalue weighted by atomic mass is 32.2. The molecule has 0 aromatic carbocycles. The van der Waals surface area contributed by atoms with Crippen LogP contribution in [0.25, 0.3) is 0 Å². The van der Waals surface area contributed by atoms with Gasteiger partial charge < -0.3 is 10.6 Å². The molecule has 2 N–H and O–H groups in total. The molecule has 142 valence electrons. The van der Waals surface area contributed by atoms with Crippen molar-refractivity contribution in [1.82, 2.24) is 20.4 Å². The smallest absolute Gasteiger partial charge is 0.191 e. The zero-order valence-corrected chi connectivity index (χ0v) is 16.6. The van der Waals surface area contributed by atoms with Crippen molar-refractivity contribution in [3.05, 3.63) is 0 Å². The largest absolute Gasteiger partial charge is 0.355 e. The molecule has 0 aromatic heterocycles. The topological polar surface area (TPSA) is 42.9 Å². The van der Waals surface area contributed by atoms with Gasteiger partial charge in [-0.2, -0.15) is 11.8 Å². The highest BCUT2D eigenvalue weighted by Gasteiger charge is 2.40. The van der Waals surface area contributed by atoms with Crippen LogP contribution in [-0.2, 0) is 0 Å². The van der Waals surface area contributed by atoms with Crippen molar-refractivity contribution in [2.24, 2.45) is 4.99 Å². The third-order valence-corrected chi connectivity index (χ3v) is 7.59. The lowest BCUT2D eigenvalue weighted by Crippen LogP contribution is -2.58. The second-order valence-corrected chi connectivity index (χ2v) is 9.54. The highest BCUT2D eigenvalue weighted by molar-refractivity contribution is 7.99. The van der Waals surface area contributed by atoms with Crippen molar-refractivity contribution < 1.29 is 0 Å². The number of nitrogens with one attached hydrogen (secondary N) is 2. The van der Waals surface area contributed by atoms with Crippen molar-refractivity contribution in [3.8, 4) is 0 Å². The Balaban J connectivity index is 1.30. The zero-order chi connectivity index (χ0) is 17.1. The van der Waals surface area contributed by atoms with E-state index in [1.165, 1.54) is 82.6 Å². The van der Waals surface area contributed by atoms with Crippen LogP contribution in [-0.4, -0.2) is 84.7 Å². The SMILES string of the molecule is CN=C(NCC1(N2CCSCC2)CCCC1)NC1CCN(C2CC2)C1. The average molecular weight is 366 g/mol. The van der Waals surface area contributed by atoms with Crippen LogP contribution in [0, 0.1) is 0 Å². The lowest BCUT2D eigenvalue weighted by molar-refractivity contribution is 0.107. The number of thioether (sulfide) groups is 1. The van der Waals surface area contributed by atoms with Gasteiger partial charge in [0.05, 0.1) is 0 Å². The maximum atomic E-state index is 4.53. The molecule has 2 aliphatic carbocycles. The predicted molar refractivity (Wildman–Crippen MR) is 108 cm³/mol. The van der Waals surface area contributed by atoms with Gasteiger partial charge in [0.15, 0.2) is 5.96 Å². The minimum absolute atomic E-state index is 0.369. The minimum Gasteiger partial charge on any atom is -0.355 e. The van der Waals surface area contributed by atoms with Crippen LogP contribution < -0.4 is 10.6 Å². The minimum atomic E-state index is 0.369. The number of guanidine groups is 1. The van der Waals surface area contributed by atoms with Crippen LogP contribution in [0.5, 0.6) is 0 Å². The summed E-state index contributed by atoms with van der Waals surface area (Å²) in [5, 5.41) is 7.40. The number of aliphatic imine (C=N–C) groups is 1. The fourth-order valence-electron chi connectivity index (χ4n) is 4.99. The van der Waals surface area contributed by atoms with Crippen LogP contribution in [0.4, 0.5) is 0 Å². The van der Waals surface area contributed by atoms with E-state index in [2.05, 4.69) is 37.2 Å². The first-order valence-corrected chi connectivity index (χ1v) is 11.5. The first kappa shape index (κ1) is 17.9. The van der Waals surface area contributed by atoms with E-state index < -0.39 is 0 Å². The third kappa shape index (κ3) is 4.28. The quantitative estimate of drug-likeness (QED) is 0.574. The third-order valence-electron chi connectivity index (χ3n) is 6.65. The summed E-state index contributed by atoms with van der Waals surface area (Å²) in [5.41, 5.74) is 0.369. The lowest BCUT2D eigenvalue weighted by atomic mass is 9.94. The molecule has 2 aliphatic heterocycles. The molecule has 2 heterocycles. The standard InChI is InChI=1S/C19H35N5S/c1-20-18(22-16-6-9-23(14-16)17-4-5-17)21-15-19(7-2-3-8-19)24-10-12-25-13-11-24/h16-17H,2-15H2,1H3,(H2,20,21,22). The Morgan fingerprint density at radius 3 is 2.56 bits per heavy atom. The number of likely N-dealkylation sites (tertiary alicyclic amines) is 1. The number of hydrogen-bond acceptors (Lipinski definition) is 4. The van der Waals surface area contributed by atoms with Crippen LogP contribution in [0.3, 0.4) is 0 Å². The molecule has 4 rings (SSSR count). The number of nitrogens with zero attached hydrogens (tertiary/aromatic N) is 3. The van der Waals surface area contributed by atoms with E-state index in [-0.39, 0.29) is 0 Å². The Morgan fingerprint density at radius 1 is 1.12 bits per heavy atom. The van der Waals surface area contributed by atoms with E-state index in [9.17, 15) is 0 Å². The number of hydrogen-bond donors (Lipinski definition) is 2. The molecule has 5 nitrogen and oxygen atoms in total. The Hall–Kier alpha value is -0.460. The van der Waals surface area contributed by atoms with Gasteiger partial charge in [-0.25, -0.2) is 0 Å². The van der Waals surface area contributed by atoms with Crippen molar-refractivity contribution in [1.29, 1.82) is 0 Å². The second-order valence-electron chi connectivity index (χ2n) is 8.31. The van der Waals surface area contributed by atoms with Crippen LogP contribution in [0.15, 0.2) is 4.99 Å². The molecule has 1 atom stereocenters. The van der Waals surface area contributed by atoms with Gasteiger partial charge in [-0.1, -0.05) is 12.8 Å². The Kier molecular flexibility index (Phi) is 5.77. The van der Waals surface area contributed by atoms with Gasteiger partial charge in [0, 0.05) is 68.9 Å².